The Morgan fingerprint density at radius 2 is 2.50 bits per heavy atom. The SMILES string of the molecule is C[C@@H]1CO[C@@H]2CC(=O)C=C[C@]12O. The van der Waals surface area contributed by atoms with E-state index in [4.69, 9.17) is 4.74 Å². The fraction of sp³-hybridized carbons (Fsp3) is 0.667. The average Bonchev–Trinajstić information content (AvgIpc) is 2.31. The molecule has 2 rings (SSSR count). The molecule has 0 unspecified atom stereocenters. The lowest BCUT2D eigenvalue weighted by atomic mass is 9.81. The number of hydrogen-bond donors (Lipinski definition) is 1. The van der Waals surface area contributed by atoms with Crippen molar-refractivity contribution in [2.24, 2.45) is 5.92 Å². The van der Waals surface area contributed by atoms with Crippen LogP contribution in [0.4, 0.5) is 0 Å². The minimum Gasteiger partial charge on any atom is -0.383 e. The van der Waals surface area contributed by atoms with Crippen molar-refractivity contribution in [3.05, 3.63) is 12.2 Å². The molecule has 12 heavy (non-hydrogen) atoms. The van der Waals surface area contributed by atoms with Crippen LogP contribution < -0.4 is 0 Å². The number of carbonyl (C=O) groups is 1. The normalized spacial score (nSPS) is 46.3. The summed E-state index contributed by atoms with van der Waals surface area (Å²) >= 11 is 0. The van der Waals surface area contributed by atoms with Crippen molar-refractivity contribution in [2.75, 3.05) is 6.61 Å². The van der Waals surface area contributed by atoms with Crippen LogP contribution in [-0.2, 0) is 9.53 Å². The van der Waals surface area contributed by atoms with Crippen LogP contribution in [0.2, 0.25) is 0 Å². The molecule has 1 aliphatic heterocycles. The van der Waals surface area contributed by atoms with Gasteiger partial charge in [0.25, 0.3) is 0 Å². The summed E-state index contributed by atoms with van der Waals surface area (Å²) in [6.45, 7) is 2.47. The number of allylic oxidation sites excluding steroid dienone is 1. The number of ether oxygens (including phenoxy) is 1. The van der Waals surface area contributed by atoms with Gasteiger partial charge in [-0.3, -0.25) is 4.79 Å². The number of ketones is 1. The summed E-state index contributed by atoms with van der Waals surface area (Å²) in [6, 6.07) is 0. The molecule has 1 N–H and O–H groups in total. The first-order valence-corrected chi connectivity index (χ1v) is 4.19. The van der Waals surface area contributed by atoms with Gasteiger partial charge in [0, 0.05) is 12.3 Å². The summed E-state index contributed by atoms with van der Waals surface area (Å²) in [4.78, 5) is 11.0. The van der Waals surface area contributed by atoms with E-state index in [0.717, 1.165) is 0 Å². The molecule has 0 aromatic rings. The van der Waals surface area contributed by atoms with Gasteiger partial charge in [0.15, 0.2) is 5.78 Å². The Balaban J connectivity index is 2.32. The zero-order valence-electron chi connectivity index (χ0n) is 6.99. The maximum absolute atomic E-state index is 11.0. The quantitative estimate of drug-likeness (QED) is 0.565. The van der Waals surface area contributed by atoms with Gasteiger partial charge in [0.1, 0.15) is 5.60 Å². The second kappa shape index (κ2) is 2.41. The summed E-state index contributed by atoms with van der Waals surface area (Å²) in [5.41, 5.74) is -0.895. The summed E-state index contributed by atoms with van der Waals surface area (Å²) < 4.78 is 5.32. The van der Waals surface area contributed by atoms with Gasteiger partial charge in [-0.15, -0.1) is 0 Å². The molecular weight excluding hydrogens is 156 g/mol. The Hall–Kier alpha value is -0.670. The highest BCUT2D eigenvalue weighted by molar-refractivity contribution is 5.91. The van der Waals surface area contributed by atoms with Crippen LogP contribution in [0.15, 0.2) is 12.2 Å². The maximum Gasteiger partial charge on any atom is 0.158 e. The molecule has 0 aromatic carbocycles. The van der Waals surface area contributed by atoms with Crippen molar-refractivity contribution >= 4 is 5.78 Å². The molecule has 3 nitrogen and oxygen atoms in total. The van der Waals surface area contributed by atoms with Crippen molar-refractivity contribution in [2.45, 2.75) is 25.0 Å². The largest absolute Gasteiger partial charge is 0.383 e. The first kappa shape index (κ1) is 7.95. The molecule has 3 atom stereocenters. The van der Waals surface area contributed by atoms with E-state index in [2.05, 4.69) is 0 Å². The van der Waals surface area contributed by atoms with E-state index in [1.807, 2.05) is 6.92 Å². The van der Waals surface area contributed by atoms with Crippen molar-refractivity contribution in [3.8, 4) is 0 Å². The van der Waals surface area contributed by atoms with Crippen LogP contribution >= 0.6 is 0 Å². The molecule has 3 heteroatoms. The Morgan fingerprint density at radius 3 is 3.25 bits per heavy atom. The molecule has 0 aromatic heterocycles. The fourth-order valence-corrected chi connectivity index (χ4v) is 1.82. The van der Waals surface area contributed by atoms with E-state index in [1.54, 1.807) is 6.08 Å². The molecule has 1 heterocycles. The second-order valence-corrected chi connectivity index (χ2v) is 3.61. The van der Waals surface area contributed by atoms with E-state index >= 15 is 0 Å². The predicted octanol–water partition coefficient (Wildman–Crippen LogP) is 0.281. The minimum absolute atomic E-state index is 0.0405. The van der Waals surface area contributed by atoms with E-state index in [0.29, 0.717) is 13.0 Å². The maximum atomic E-state index is 11.0. The van der Waals surface area contributed by atoms with Crippen LogP contribution in [0, 0.1) is 5.92 Å². The Morgan fingerprint density at radius 1 is 1.75 bits per heavy atom. The van der Waals surface area contributed by atoms with E-state index < -0.39 is 5.60 Å². The minimum atomic E-state index is -0.895. The topological polar surface area (TPSA) is 46.5 Å². The van der Waals surface area contributed by atoms with E-state index in [1.165, 1.54) is 6.08 Å². The zero-order chi connectivity index (χ0) is 8.77. The molecular formula is C9H12O3. The fourth-order valence-electron chi connectivity index (χ4n) is 1.82. The van der Waals surface area contributed by atoms with Gasteiger partial charge in [-0.25, -0.2) is 0 Å². The third-order valence-corrected chi connectivity index (χ3v) is 2.78. The smallest absolute Gasteiger partial charge is 0.158 e. The third-order valence-electron chi connectivity index (χ3n) is 2.78. The summed E-state index contributed by atoms with van der Waals surface area (Å²) in [7, 11) is 0. The summed E-state index contributed by atoms with van der Waals surface area (Å²) in [5, 5.41) is 10.0. The van der Waals surface area contributed by atoms with Gasteiger partial charge in [-0.1, -0.05) is 6.92 Å². The van der Waals surface area contributed by atoms with Crippen molar-refractivity contribution < 1.29 is 14.6 Å². The van der Waals surface area contributed by atoms with Crippen LogP contribution in [-0.4, -0.2) is 29.2 Å². The van der Waals surface area contributed by atoms with Gasteiger partial charge >= 0.3 is 0 Å². The number of carbonyl (C=O) groups excluding carboxylic acids is 1. The number of aliphatic hydroxyl groups is 1. The van der Waals surface area contributed by atoms with Gasteiger partial charge in [-0.05, 0) is 12.2 Å². The Kier molecular flexibility index (Phi) is 1.59. The highest BCUT2D eigenvalue weighted by Crippen LogP contribution is 2.36. The lowest BCUT2D eigenvalue weighted by Gasteiger charge is -2.30. The van der Waals surface area contributed by atoms with Crippen LogP contribution in [0.5, 0.6) is 0 Å². The third kappa shape index (κ3) is 0.934. The average molecular weight is 168 g/mol. The lowest BCUT2D eigenvalue weighted by molar-refractivity contribution is -0.121. The monoisotopic (exact) mass is 168 g/mol. The number of fused-ring (bicyclic) bond motifs is 1. The van der Waals surface area contributed by atoms with Gasteiger partial charge in [0.2, 0.25) is 0 Å². The van der Waals surface area contributed by atoms with Crippen LogP contribution in [0.3, 0.4) is 0 Å². The van der Waals surface area contributed by atoms with Gasteiger partial charge in [-0.2, -0.15) is 0 Å². The van der Waals surface area contributed by atoms with E-state index in [9.17, 15) is 9.90 Å². The number of hydrogen-bond acceptors (Lipinski definition) is 3. The molecule has 1 fully saturated rings. The predicted molar refractivity (Wildman–Crippen MR) is 42.6 cm³/mol. The molecule has 0 bridgehead atoms. The number of rotatable bonds is 0. The molecule has 0 amide bonds. The molecule has 0 spiro atoms. The van der Waals surface area contributed by atoms with Gasteiger partial charge < -0.3 is 9.84 Å². The zero-order valence-corrected chi connectivity index (χ0v) is 6.99. The highest BCUT2D eigenvalue weighted by atomic mass is 16.5. The van der Waals surface area contributed by atoms with Crippen molar-refractivity contribution in [3.63, 3.8) is 0 Å². The second-order valence-electron chi connectivity index (χ2n) is 3.61. The van der Waals surface area contributed by atoms with Crippen LogP contribution in [0.1, 0.15) is 13.3 Å². The Bertz CT molecular complexity index is 246. The molecule has 0 radical (unpaired) electrons. The first-order valence-electron chi connectivity index (χ1n) is 4.19. The summed E-state index contributed by atoms with van der Waals surface area (Å²) in [5.74, 6) is 0.130. The molecule has 66 valence electrons. The van der Waals surface area contributed by atoms with Gasteiger partial charge in [0.05, 0.1) is 12.7 Å². The standard InChI is InChI=1S/C9H12O3/c1-6-5-12-8-4-7(10)2-3-9(6,8)11/h2-3,6,8,11H,4-5H2,1H3/t6-,8-,9+/m1/s1. The lowest BCUT2D eigenvalue weighted by Crippen LogP contribution is -2.44. The van der Waals surface area contributed by atoms with Crippen molar-refractivity contribution in [1.82, 2.24) is 0 Å². The molecule has 0 saturated carbocycles. The summed E-state index contributed by atoms with van der Waals surface area (Å²) in [6.07, 6.45) is 3.05. The molecule has 2 aliphatic rings. The van der Waals surface area contributed by atoms with Crippen molar-refractivity contribution in [1.29, 1.82) is 0 Å². The molecule has 1 saturated heterocycles. The Labute approximate surface area is 71.0 Å². The first-order chi connectivity index (χ1) is 5.63. The van der Waals surface area contributed by atoms with Crippen LogP contribution in [0.25, 0.3) is 0 Å². The van der Waals surface area contributed by atoms with E-state index in [-0.39, 0.29) is 17.8 Å². The highest BCUT2D eigenvalue weighted by Gasteiger charge is 2.48. The molecule has 1 aliphatic carbocycles.